The molecule has 9 nitrogen and oxygen atoms in total. The highest BCUT2D eigenvalue weighted by Crippen LogP contribution is 2.33. The van der Waals surface area contributed by atoms with Crippen molar-refractivity contribution >= 4 is 62.3 Å². The Morgan fingerprint density at radius 3 is 2.13 bits per heavy atom. The van der Waals surface area contributed by atoms with E-state index in [9.17, 15) is 18.0 Å². The first kappa shape index (κ1) is 34.7. The van der Waals surface area contributed by atoms with Gasteiger partial charge in [0.05, 0.1) is 24.8 Å². The topological polar surface area (TPSA) is 105 Å². The summed E-state index contributed by atoms with van der Waals surface area (Å²) in [6, 6.07) is 14.2. The van der Waals surface area contributed by atoms with Crippen molar-refractivity contribution < 1.29 is 27.5 Å². The van der Waals surface area contributed by atoms with E-state index in [4.69, 9.17) is 44.3 Å². The molecule has 0 spiro atoms. The summed E-state index contributed by atoms with van der Waals surface area (Å²) in [7, 11) is -1.52. The number of methoxy groups -OCH3 is 2. The van der Waals surface area contributed by atoms with Gasteiger partial charge >= 0.3 is 0 Å². The Morgan fingerprint density at radius 2 is 1.53 bits per heavy atom. The van der Waals surface area contributed by atoms with Gasteiger partial charge in [-0.2, -0.15) is 0 Å². The molecule has 1 N–H and O–H groups in total. The van der Waals surface area contributed by atoms with E-state index in [-0.39, 0.29) is 34.8 Å². The van der Waals surface area contributed by atoms with Gasteiger partial charge in [-0.25, -0.2) is 8.42 Å². The standard InChI is InChI=1S/C32H36Cl3N3O6S/c1-21(32(40)36-23-8-5-4-6-9-23)37(19-26-27(34)10-7-11-28(26)35)31(39)20-38(24-14-12-22(33)13-15-24)45(41,42)25-16-17-29(43-2)30(18-25)44-3/h7,10-18,21,23H,4-6,8-9,19-20H2,1-3H3,(H,36,40)/t21-/m1/s1. The molecule has 0 unspecified atom stereocenters. The minimum Gasteiger partial charge on any atom is -0.493 e. The first-order chi connectivity index (χ1) is 21.5. The van der Waals surface area contributed by atoms with Crippen LogP contribution >= 0.6 is 34.8 Å². The van der Waals surface area contributed by atoms with Gasteiger partial charge < -0.3 is 19.7 Å². The highest BCUT2D eigenvalue weighted by Gasteiger charge is 2.34. The summed E-state index contributed by atoms with van der Waals surface area (Å²) in [5, 5.41) is 4.08. The number of ether oxygens (including phenoxy) is 2. The highest BCUT2D eigenvalue weighted by atomic mass is 35.5. The van der Waals surface area contributed by atoms with E-state index < -0.39 is 28.5 Å². The summed E-state index contributed by atoms with van der Waals surface area (Å²) in [6.07, 6.45) is 4.86. The van der Waals surface area contributed by atoms with Crippen LogP contribution in [0.15, 0.2) is 65.6 Å². The van der Waals surface area contributed by atoms with Gasteiger partial charge in [0, 0.05) is 39.3 Å². The van der Waals surface area contributed by atoms with Crippen LogP contribution in [0.5, 0.6) is 11.5 Å². The number of benzene rings is 3. The molecular formula is C32H36Cl3N3O6S. The number of nitrogens with zero attached hydrogens (tertiary/aromatic N) is 2. The lowest BCUT2D eigenvalue weighted by Crippen LogP contribution is -2.53. The van der Waals surface area contributed by atoms with Gasteiger partial charge in [-0.15, -0.1) is 0 Å². The zero-order chi connectivity index (χ0) is 32.7. The fraction of sp³-hybridized carbons (Fsp3) is 0.375. The zero-order valence-corrected chi connectivity index (χ0v) is 28.3. The summed E-state index contributed by atoms with van der Waals surface area (Å²) in [5.74, 6) is -0.453. The molecule has 13 heteroatoms. The van der Waals surface area contributed by atoms with Crippen LogP contribution in [-0.4, -0.2) is 58.0 Å². The quantitative estimate of drug-likeness (QED) is 0.225. The number of carbonyl (C=O) groups is 2. The van der Waals surface area contributed by atoms with Gasteiger partial charge in [0.15, 0.2) is 11.5 Å². The molecule has 3 aromatic rings. The smallest absolute Gasteiger partial charge is 0.264 e. The molecule has 1 saturated carbocycles. The van der Waals surface area contributed by atoms with Crippen molar-refractivity contribution in [1.82, 2.24) is 10.2 Å². The van der Waals surface area contributed by atoms with Crippen molar-refractivity contribution in [2.24, 2.45) is 0 Å². The molecule has 1 fully saturated rings. The van der Waals surface area contributed by atoms with Gasteiger partial charge in [0.2, 0.25) is 11.8 Å². The number of rotatable bonds is 12. The number of sulfonamides is 1. The van der Waals surface area contributed by atoms with E-state index in [1.807, 2.05) is 0 Å². The van der Waals surface area contributed by atoms with Crippen molar-refractivity contribution in [1.29, 1.82) is 0 Å². The molecule has 0 radical (unpaired) electrons. The Morgan fingerprint density at radius 1 is 0.911 bits per heavy atom. The average Bonchev–Trinajstić information content (AvgIpc) is 3.03. The fourth-order valence-electron chi connectivity index (χ4n) is 5.25. The van der Waals surface area contributed by atoms with E-state index in [0.29, 0.717) is 26.4 Å². The van der Waals surface area contributed by atoms with Gasteiger partial charge in [-0.3, -0.25) is 13.9 Å². The molecule has 0 heterocycles. The van der Waals surface area contributed by atoms with E-state index in [2.05, 4.69) is 5.32 Å². The molecule has 1 atom stereocenters. The van der Waals surface area contributed by atoms with Crippen LogP contribution in [0.25, 0.3) is 0 Å². The van der Waals surface area contributed by atoms with Gasteiger partial charge in [-0.1, -0.05) is 60.1 Å². The van der Waals surface area contributed by atoms with Crippen molar-refractivity contribution in [2.45, 2.75) is 62.6 Å². The van der Waals surface area contributed by atoms with Crippen LogP contribution in [0.2, 0.25) is 15.1 Å². The normalized spacial score (nSPS) is 14.4. The van der Waals surface area contributed by atoms with Crippen molar-refractivity contribution in [3.63, 3.8) is 0 Å². The number of amides is 2. The maximum atomic E-state index is 14.2. The number of halogens is 3. The highest BCUT2D eigenvalue weighted by molar-refractivity contribution is 7.92. The molecule has 0 aliphatic heterocycles. The van der Waals surface area contributed by atoms with Crippen LogP contribution in [0.4, 0.5) is 5.69 Å². The number of anilines is 1. The fourth-order valence-corrected chi connectivity index (χ4v) is 7.32. The van der Waals surface area contributed by atoms with Crippen LogP contribution in [0.3, 0.4) is 0 Å². The molecular weight excluding hydrogens is 661 g/mol. The second-order valence-electron chi connectivity index (χ2n) is 10.7. The lowest BCUT2D eigenvalue weighted by atomic mass is 9.95. The third-order valence-electron chi connectivity index (χ3n) is 7.85. The maximum absolute atomic E-state index is 14.2. The number of nitrogens with one attached hydrogen (secondary N) is 1. The zero-order valence-electron chi connectivity index (χ0n) is 25.3. The molecule has 2 amide bonds. The van der Waals surface area contributed by atoms with Crippen LogP contribution < -0.4 is 19.1 Å². The number of hydrogen-bond acceptors (Lipinski definition) is 6. The number of carbonyl (C=O) groups excluding carboxylic acids is 2. The molecule has 3 aromatic carbocycles. The van der Waals surface area contributed by atoms with Crippen LogP contribution in [-0.2, 0) is 26.2 Å². The number of hydrogen-bond donors (Lipinski definition) is 1. The van der Waals surface area contributed by atoms with Gasteiger partial charge in [0.25, 0.3) is 10.0 Å². The lowest BCUT2D eigenvalue weighted by Gasteiger charge is -2.33. The van der Waals surface area contributed by atoms with Gasteiger partial charge in [0.1, 0.15) is 12.6 Å². The van der Waals surface area contributed by atoms with Crippen molar-refractivity contribution in [3.05, 3.63) is 81.3 Å². The first-order valence-corrected chi connectivity index (χ1v) is 17.1. The summed E-state index contributed by atoms with van der Waals surface area (Å²) in [6.45, 7) is 0.846. The predicted molar refractivity (Wildman–Crippen MR) is 177 cm³/mol. The lowest BCUT2D eigenvalue weighted by molar-refractivity contribution is -0.139. The van der Waals surface area contributed by atoms with Crippen molar-refractivity contribution in [3.8, 4) is 11.5 Å². The maximum Gasteiger partial charge on any atom is 0.264 e. The Kier molecular flexibility index (Phi) is 11.9. The van der Waals surface area contributed by atoms with Crippen molar-refractivity contribution in [2.75, 3.05) is 25.1 Å². The predicted octanol–water partition coefficient (Wildman–Crippen LogP) is 6.73. The molecule has 1 aliphatic carbocycles. The molecule has 45 heavy (non-hydrogen) atoms. The third kappa shape index (κ3) is 8.35. The van der Waals surface area contributed by atoms with E-state index in [1.165, 1.54) is 61.6 Å². The SMILES string of the molecule is COc1ccc(S(=O)(=O)N(CC(=O)N(Cc2c(Cl)cccc2Cl)[C@H](C)C(=O)NC2CCCCC2)c2ccc(Cl)cc2)cc1OC. The Hall–Kier alpha value is -3.18. The molecule has 4 rings (SSSR count). The average molecular weight is 697 g/mol. The molecule has 0 bridgehead atoms. The van der Waals surface area contributed by atoms with E-state index in [0.717, 1.165) is 36.4 Å². The largest absolute Gasteiger partial charge is 0.493 e. The second-order valence-corrected chi connectivity index (χ2v) is 13.9. The molecule has 0 aromatic heterocycles. The molecule has 0 saturated heterocycles. The Balaban J connectivity index is 1.73. The molecule has 1 aliphatic rings. The Bertz CT molecular complexity index is 1590. The minimum absolute atomic E-state index is 0.00514. The second kappa shape index (κ2) is 15.4. The summed E-state index contributed by atoms with van der Waals surface area (Å²) >= 11 is 19.1. The van der Waals surface area contributed by atoms with Gasteiger partial charge in [-0.05, 0) is 68.3 Å². The van der Waals surface area contributed by atoms with Crippen LogP contribution in [0.1, 0.15) is 44.6 Å². The summed E-state index contributed by atoms with van der Waals surface area (Å²) in [4.78, 5) is 28.9. The summed E-state index contributed by atoms with van der Waals surface area (Å²) in [5.41, 5.74) is 0.630. The van der Waals surface area contributed by atoms with E-state index in [1.54, 1.807) is 25.1 Å². The van der Waals surface area contributed by atoms with Crippen LogP contribution in [0, 0.1) is 0 Å². The third-order valence-corrected chi connectivity index (χ3v) is 10.6. The summed E-state index contributed by atoms with van der Waals surface area (Å²) < 4.78 is 39.9. The Labute approximate surface area is 279 Å². The molecule has 242 valence electrons. The minimum atomic E-state index is -4.36. The first-order valence-electron chi connectivity index (χ1n) is 14.5. The van der Waals surface area contributed by atoms with E-state index >= 15 is 0 Å². The monoisotopic (exact) mass is 695 g/mol.